The number of hydrogen-bond acceptors (Lipinski definition) is 6. The fourth-order valence-electron chi connectivity index (χ4n) is 1.53. The van der Waals surface area contributed by atoms with Gasteiger partial charge in [-0.3, -0.25) is 0 Å². The first-order valence-electron chi connectivity index (χ1n) is 4.92. The summed E-state index contributed by atoms with van der Waals surface area (Å²) in [6.45, 7) is 2.04. The van der Waals surface area contributed by atoms with Crippen molar-refractivity contribution in [3.63, 3.8) is 0 Å². The molecule has 0 atom stereocenters. The van der Waals surface area contributed by atoms with Gasteiger partial charge >= 0.3 is 0 Å². The second kappa shape index (κ2) is 5.03. The Labute approximate surface area is 92.4 Å². The molecule has 0 saturated carbocycles. The quantitative estimate of drug-likeness (QED) is 0.721. The van der Waals surface area contributed by atoms with Gasteiger partial charge in [-0.15, -0.1) is 11.8 Å². The molecule has 6 heteroatoms. The molecular formula is C9H12N4OS. The molecule has 1 aromatic heterocycles. The Morgan fingerprint density at radius 3 is 3.00 bits per heavy atom. The van der Waals surface area contributed by atoms with Crippen LogP contribution in [0.1, 0.15) is 18.7 Å². The lowest BCUT2D eigenvalue weighted by molar-refractivity contribution is 0.390. The minimum atomic E-state index is 0.460. The van der Waals surface area contributed by atoms with Gasteiger partial charge in [0.15, 0.2) is 0 Å². The highest BCUT2D eigenvalue weighted by Gasteiger charge is 2.17. The average Bonchev–Trinajstić information content (AvgIpc) is 2.87. The molecule has 1 aliphatic rings. The van der Waals surface area contributed by atoms with Crippen molar-refractivity contribution in [3.8, 4) is 6.07 Å². The second-order valence-electron chi connectivity index (χ2n) is 3.33. The van der Waals surface area contributed by atoms with Gasteiger partial charge in [0.05, 0.1) is 17.6 Å². The summed E-state index contributed by atoms with van der Waals surface area (Å²) in [5.41, 5.74) is 0. The maximum atomic E-state index is 8.38. The molecule has 0 aliphatic carbocycles. The minimum absolute atomic E-state index is 0.460. The minimum Gasteiger partial charge on any atom is -0.338 e. The maximum Gasteiger partial charge on any atom is 0.266 e. The Balaban J connectivity index is 1.89. The zero-order valence-corrected chi connectivity index (χ0v) is 9.16. The van der Waals surface area contributed by atoms with E-state index in [2.05, 4.69) is 21.1 Å². The normalized spacial score (nSPS) is 15.5. The van der Waals surface area contributed by atoms with Crippen LogP contribution in [0.15, 0.2) is 4.52 Å². The van der Waals surface area contributed by atoms with E-state index in [1.165, 1.54) is 24.6 Å². The van der Waals surface area contributed by atoms with Crippen molar-refractivity contribution in [1.29, 1.82) is 5.26 Å². The zero-order valence-electron chi connectivity index (χ0n) is 8.35. The van der Waals surface area contributed by atoms with Crippen molar-refractivity contribution in [3.05, 3.63) is 5.89 Å². The van der Waals surface area contributed by atoms with Crippen LogP contribution >= 0.6 is 11.8 Å². The Morgan fingerprint density at radius 1 is 1.47 bits per heavy atom. The third-order valence-corrected chi connectivity index (χ3v) is 3.02. The van der Waals surface area contributed by atoms with Crippen LogP contribution in [-0.2, 0) is 5.75 Å². The summed E-state index contributed by atoms with van der Waals surface area (Å²) in [6.07, 6.45) is 2.40. The molecule has 0 aromatic carbocycles. The highest BCUT2D eigenvalue weighted by atomic mass is 32.2. The lowest BCUT2D eigenvalue weighted by Crippen LogP contribution is -2.18. The first kappa shape index (κ1) is 10.3. The smallest absolute Gasteiger partial charge is 0.266 e. The van der Waals surface area contributed by atoms with Crippen LogP contribution < -0.4 is 4.90 Å². The third kappa shape index (κ3) is 2.63. The number of anilines is 1. The lowest BCUT2D eigenvalue weighted by atomic mass is 10.4. The summed E-state index contributed by atoms with van der Waals surface area (Å²) in [5.74, 6) is 2.38. The van der Waals surface area contributed by atoms with Crippen LogP contribution in [0, 0.1) is 11.3 Å². The van der Waals surface area contributed by atoms with Gasteiger partial charge in [-0.2, -0.15) is 10.2 Å². The van der Waals surface area contributed by atoms with E-state index >= 15 is 0 Å². The number of thioether (sulfide) groups is 1. The summed E-state index contributed by atoms with van der Waals surface area (Å²) in [5, 5.41) is 12.3. The van der Waals surface area contributed by atoms with Gasteiger partial charge in [-0.25, -0.2) is 0 Å². The lowest BCUT2D eigenvalue weighted by Gasteiger charge is -2.09. The van der Waals surface area contributed by atoms with Crippen LogP contribution in [0.5, 0.6) is 0 Å². The summed E-state index contributed by atoms with van der Waals surface area (Å²) in [4.78, 5) is 6.41. The van der Waals surface area contributed by atoms with E-state index in [1.807, 2.05) is 0 Å². The van der Waals surface area contributed by atoms with E-state index < -0.39 is 0 Å². The molecule has 0 radical (unpaired) electrons. The van der Waals surface area contributed by atoms with E-state index in [-0.39, 0.29) is 0 Å². The van der Waals surface area contributed by atoms with Crippen molar-refractivity contribution in [2.75, 3.05) is 23.7 Å². The summed E-state index contributed by atoms with van der Waals surface area (Å²) < 4.78 is 5.09. The molecule has 0 amide bonds. The van der Waals surface area contributed by atoms with Crippen molar-refractivity contribution < 1.29 is 4.52 Å². The summed E-state index contributed by atoms with van der Waals surface area (Å²) in [6, 6.07) is 2.06. The number of aromatic nitrogens is 2. The molecule has 15 heavy (non-hydrogen) atoms. The molecular weight excluding hydrogens is 212 g/mol. The molecule has 1 saturated heterocycles. The van der Waals surface area contributed by atoms with Gasteiger partial charge in [-0.1, -0.05) is 0 Å². The Morgan fingerprint density at radius 2 is 2.27 bits per heavy atom. The van der Waals surface area contributed by atoms with Crippen molar-refractivity contribution >= 4 is 17.7 Å². The average molecular weight is 224 g/mol. The monoisotopic (exact) mass is 224 g/mol. The van der Waals surface area contributed by atoms with Crippen LogP contribution in [0.2, 0.25) is 0 Å². The molecule has 1 fully saturated rings. The van der Waals surface area contributed by atoms with Crippen LogP contribution in [-0.4, -0.2) is 29.0 Å². The number of hydrogen-bond donors (Lipinski definition) is 0. The second-order valence-corrected chi connectivity index (χ2v) is 4.32. The molecule has 5 nitrogen and oxygen atoms in total. The molecule has 80 valence electrons. The van der Waals surface area contributed by atoms with Gasteiger partial charge in [-0.05, 0) is 18.0 Å². The van der Waals surface area contributed by atoms with Gasteiger partial charge in [0.2, 0.25) is 5.89 Å². The van der Waals surface area contributed by atoms with E-state index in [1.54, 1.807) is 0 Å². The molecule has 1 aliphatic heterocycles. The van der Waals surface area contributed by atoms with Crippen LogP contribution in [0.4, 0.5) is 5.95 Å². The third-order valence-electron chi connectivity index (χ3n) is 2.24. The summed E-state index contributed by atoms with van der Waals surface area (Å²) in [7, 11) is 0. The predicted octanol–water partition coefficient (Wildman–Crippen LogP) is 1.43. The standard InChI is InChI=1S/C9H12N4OS/c10-3-6-15-7-8-11-9(12-14-8)13-4-1-2-5-13/h1-2,4-7H2. The predicted molar refractivity (Wildman–Crippen MR) is 57.5 cm³/mol. The Hall–Kier alpha value is -1.22. The number of rotatable bonds is 4. The van der Waals surface area contributed by atoms with Crippen molar-refractivity contribution in [2.24, 2.45) is 0 Å². The van der Waals surface area contributed by atoms with Gasteiger partial charge < -0.3 is 9.42 Å². The van der Waals surface area contributed by atoms with E-state index in [9.17, 15) is 0 Å². The molecule has 2 rings (SSSR count). The first-order valence-corrected chi connectivity index (χ1v) is 6.08. The molecule has 2 heterocycles. The number of nitrogens with zero attached hydrogens (tertiary/aromatic N) is 4. The van der Waals surface area contributed by atoms with Crippen LogP contribution in [0.3, 0.4) is 0 Å². The largest absolute Gasteiger partial charge is 0.338 e. The van der Waals surface area contributed by atoms with E-state index in [0.29, 0.717) is 23.3 Å². The van der Waals surface area contributed by atoms with Crippen LogP contribution in [0.25, 0.3) is 0 Å². The molecule has 1 aromatic rings. The zero-order chi connectivity index (χ0) is 10.5. The first-order chi connectivity index (χ1) is 7.40. The fourth-order valence-corrected chi connectivity index (χ4v) is 2.02. The SMILES string of the molecule is N#CCSCc1nc(N2CCCC2)no1. The van der Waals surface area contributed by atoms with Crippen molar-refractivity contribution in [2.45, 2.75) is 18.6 Å². The molecule has 0 spiro atoms. The Kier molecular flexibility index (Phi) is 3.45. The maximum absolute atomic E-state index is 8.38. The molecule has 0 N–H and O–H groups in total. The van der Waals surface area contributed by atoms with E-state index in [4.69, 9.17) is 9.78 Å². The van der Waals surface area contributed by atoms with Gasteiger partial charge in [0.25, 0.3) is 5.95 Å². The highest BCUT2D eigenvalue weighted by molar-refractivity contribution is 7.98. The highest BCUT2D eigenvalue weighted by Crippen LogP contribution is 2.18. The summed E-state index contributed by atoms with van der Waals surface area (Å²) >= 11 is 1.49. The fraction of sp³-hybridized carbons (Fsp3) is 0.667. The topological polar surface area (TPSA) is 66.0 Å². The number of nitriles is 1. The van der Waals surface area contributed by atoms with Gasteiger partial charge in [0.1, 0.15) is 0 Å². The molecule has 0 bridgehead atoms. The van der Waals surface area contributed by atoms with E-state index in [0.717, 1.165) is 13.1 Å². The Bertz CT molecular complexity index is 353. The van der Waals surface area contributed by atoms with Crippen molar-refractivity contribution in [1.82, 2.24) is 10.1 Å². The van der Waals surface area contributed by atoms with Gasteiger partial charge in [0, 0.05) is 13.1 Å². The molecule has 0 unspecified atom stereocenters.